The molecule has 3 aromatic heterocycles. The summed E-state index contributed by atoms with van der Waals surface area (Å²) in [6, 6.07) is 53.7. The van der Waals surface area contributed by atoms with Gasteiger partial charge in [0.15, 0.2) is 0 Å². The van der Waals surface area contributed by atoms with Gasteiger partial charge in [-0.15, -0.1) is 0 Å². The van der Waals surface area contributed by atoms with Crippen molar-refractivity contribution in [1.82, 2.24) is 14.1 Å². The van der Waals surface area contributed by atoms with Crippen molar-refractivity contribution in [3.63, 3.8) is 0 Å². The fourth-order valence-electron chi connectivity index (χ4n) is 11.4. The second kappa shape index (κ2) is 18.6. The van der Waals surface area contributed by atoms with Gasteiger partial charge in [-0.3, -0.25) is 13.7 Å². The first-order valence-electron chi connectivity index (χ1n) is 31.5. The number of pyridine rings is 1. The minimum Gasteiger partial charge on any atom is -0.458 e. The molecule has 79 heavy (non-hydrogen) atoms. The molecule has 0 radical (unpaired) electrons. The van der Waals surface area contributed by atoms with Crippen molar-refractivity contribution >= 4 is 32.8 Å². The Kier molecular flexibility index (Phi) is 8.94. The number of ether oxygens (including phenoxy) is 1. The van der Waals surface area contributed by atoms with Gasteiger partial charge >= 0.3 is 0 Å². The summed E-state index contributed by atoms with van der Waals surface area (Å²) < 4.78 is 104. The average Bonchev–Trinajstić information content (AvgIpc) is 1.64. The highest BCUT2D eigenvalue weighted by molar-refractivity contribution is 6.10. The molecule has 0 saturated carbocycles. The maximum absolute atomic E-state index is 9.43. The molecule has 380 valence electrons. The number of nitrogens with zero attached hydrogens (tertiary/aromatic N) is 4. The van der Waals surface area contributed by atoms with Crippen LogP contribution < -0.4 is 9.30 Å². The molecule has 0 atom stereocenters. The molecule has 5 nitrogen and oxygen atoms in total. The number of hydrogen-bond donors (Lipinski definition) is 0. The van der Waals surface area contributed by atoms with Crippen LogP contribution in [-0.4, -0.2) is 14.1 Å². The number of aromatic nitrogens is 4. The van der Waals surface area contributed by atoms with Gasteiger partial charge in [-0.25, -0.2) is 4.98 Å². The van der Waals surface area contributed by atoms with E-state index in [-0.39, 0.29) is 46.1 Å². The Morgan fingerprint density at radius 3 is 1.85 bits per heavy atom. The molecule has 5 heteroatoms. The maximum Gasteiger partial charge on any atom is 0.269 e. The van der Waals surface area contributed by atoms with Crippen molar-refractivity contribution in [3.8, 4) is 95.5 Å². The van der Waals surface area contributed by atoms with Gasteiger partial charge in [-0.1, -0.05) is 217 Å². The van der Waals surface area contributed by atoms with E-state index < -0.39 is 36.3 Å². The molecule has 0 fully saturated rings. The minimum atomic E-state index is -0.508. The summed E-state index contributed by atoms with van der Waals surface area (Å²) in [6.07, 6.45) is 5.70. The summed E-state index contributed by atoms with van der Waals surface area (Å²) in [4.78, 5) is 4.90. The molecule has 0 bridgehead atoms. The Bertz CT molecular complexity index is 5090. The van der Waals surface area contributed by atoms with Crippen molar-refractivity contribution in [2.75, 3.05) is 0 Å². The van der Waals surface area contributed by atoms with E-state index in [0.29, 0.717) is 72.9 Å². The lowest BCUT2D eigenvalue weighted by atomic mass is 9.83. The summed E-state index contributed by atoms with van der Waals surface area (Å²) in [5.41, 5.74) is 13.0. The molecule has 14 rings (SSSR count). The van der Waals surface area contributed by atoms with Gasteiger partial charge in [-0.05, 0) is 143 Å². The van der Waals surface area contributed by atoms with Crippen molar-refractivity contribution in [2.24, 2.45) is 0 Å². The number of rotatable bonds is 7. The molecule has 0 unspecified atom stereocenters. The number of fused-ring (bicyclic) bond motifs is 10. The van der Waals surface area contributed by atoms with Crippen molar-refractivity contribution in [3.05, 3.63) is 260 Å². The van der Waals surface area contributed by atoms with Gasteiger partial charge in [0.25, 0.3) is 6.33 Å². The van der Waals surface area contributed by atoms with E-state index in [1.165, 1.54) is 0 Å². The van der Waals surface area contributed by atoms with Crippen LogP contribution in [0.15, 0.2) is 243 Å². The number of hydrogen-bond acceptors (Lipinski definition) is 2. The Labute approximate surface area is 476 Å². The fourth-order valence-corrected chi connectivity index (χ4v) is 11.4. The summed E-state index contributed by atoms with van der Waals surface area (Å²) in [7, 11) is 0. The molecule has 4 heterocycles. The topological polar surface area (TPSA) is 35.9 Å². The molecule has 0 saturated heterocycles. The summed E-state index contributed by atoms with van der Waals surface area (Å²) in [5, 5.41) is 2.11. The standard InChI is InChI=1S/C74H58N4O/c1-73(2,3)52-36-34-50(35-37-52)58-30-19-32-64-70-57(49-22-11-8-12-23-49)29-18-31-63(70)59-26-13-14-27-60(59)65-42-51(48-20-9-7-10-21-48)43-68-72(65)77(71(58)64)47-76(68)54-24-17-25-55(45-54)79-56-38-39-62-61-28-15-16-33-66(61)78(67(62)46-56)69-44-53(40-41-75-69)74(4,5)6/h7-46H,1-6H3/i7D,8D,9D,10D,11D,12D,20D,21D,22D,23D. The van der Waals surface area contributed by atoms with Crippen LogP contribution in [-0.2, 0) is 10.8 Å². The maximum atomic E-state index is 9.43. The van der Waals surface area contributed by atoms with Crippen LogP contribution >= 0.6 is 0 Å². The SMILES string of the molecule is [2H]c1c([2H])c([2H])c(-c2cc3c4c(c2)n(-c2cccc(Oc5ccc6c7ccccc7n(-c7cc(C(C)(C)C)ccn7)c6c5)c2)[c-][n+]4-c2c(-c4ccc(C(C)(C)C)cc4)cccc2-c2c(cccc2-c2c([2H])c([2H])c([2H])c([2H])c2[2H])-c2ccccc2-3)c([2H])c1[2H]. The Morgan fingerprint density at radius 1 is 0.456 bits per heavy atom. The normalized spacial score (nSPS) is 13.9. The summed E-state index contributed by atoms with van der Waals surface area (Å²) in [5.74, 6) is 1.87. The predicted octanol–water partition coefficient (Wildman–Crippen LogP) is 18.9. The molecular weight excluding hydrogens is 961 g/mol. The van der Waals surface area contributed by atoms with Crippen molar-refractivity contribution in [2.45, 2.75) is 52.4 Å². The first kappa shape index (κ1) is 38.0. The lowest BCUT2D eigenvalue weighted by molar-refractivity contribution is -0.570. The Hall–Kier alpha value is -9.58. The van der Waals surface area contributed by atoms with E-state index in [2.05, 4.69) is 113 Å². The quantitative estimate of drug-likeness (QED) is 0.118. The second-order valence-corrected chi connectivity index (χ2v) is 22.2. The van der Waals surface area contributed by atoms with E-state index in [1.807, 2.05) is 131 Å². The predicted molar refractivity (Wildman–Crippen MR) is 326 cm³/mol. The summed E-state index contributed by atoms with van der Waals surface area (Å²) >= 11 is 0. The second-order valence-electron chi connectivity index (χ2n) is 22.2. The minimum absolute atomic E-state index is 0.0138. The van der Waals surface area contributed by atoms with Crippen LogP contribution in [0.2, 0.25) is 0 Å². The molecule has 0 amide bonds. The van der Waals surface area contributed by atoms with E-state index in [1.54, 1.807) is 0 Å². The molecular formula is C74H58N4O. The highest BCUT2D eigenvalue weighted by Gasteiger charge is 2.29. The van der Waals surface area contributed by atoms with Crippen molar-refractivity contribution < 1.29 is 23.0 Å². The first-order valence-corrected chi connectivity index (χ1v) is 26.5. The molecule has 13 aromatic rings. The van der Waals surface area contributed by atoms with E-state index in [9.17, 15) is 5.48 Å². The first-order chi connectivity index (χ1) is 42.6. The van der Waals surface area contributed by atoms with Crippen LogP contribution in [0.3, 0.4) is 0 Å². The lowest BCUT2D eigenvalue weighted by Crippen LogP contribution is -2.32. The van der Waals surface area contributed by atoms with Gasteiger partial charge in [0.05, 0.1) is 47.1 Å². The fraction of sp³-hybridized carbons (Fsp3) is 0.108. The molecule has 10 aromatic carbocycles. The Balaban J connectivity index is 1.07. The largest absolute Gasteiger partial charge is 0.458 e. The Morgan fingerprint density at radius 2 is 1.09 bits per heavy atom. The van der Waals surface area contributed by atoms with Gasteiger partial charge in [-0.2, -0.15) is 0 Å². The van der Waals surface area contributed by atoms with Gasteiger partial charge < -0.3 is 4.74 Å². The van der Waals surface area contributed by atoms with Gasteiger partial charge in [0.1, 0.15) is 17.3 Å². The molecule has 0 N–H and O–H groups in total. The van der Waals surface area contributed by atoms with Crippen LogP contribution in [0, 0.1) is 6.33 Å². The molecule has 0 aliphatic carbocycles. The van der Waals surface area contributed by atoms with Crippen LogP contribution in [0.5, 0.6) is 11.5 Å². The molecule has 0 spiro atoms. The number of benzene rings is 10. The lowest BCUT2D eigenvalue weighted by Gasteiger charge is -2.22. The van der Waals surface area contributed by atoms with Gasteiger partial charge in [0.2, 0.25) is 0 Å². The van der Waals surface area contributed by atoms with Crippen LogP contribution in [0.1, 0.15) is 66.4 Å². The third kappa shape index (κ3) is 8.24. The van der Waals surface area contributed by atoms with E-state index in [0.717, 1.165) is 55.4 Å². The zero-order valence-electron chi connectivity index (χ0n) is 54.5. The number of imidazole rings is 1. The van der Waals surface area contributed by atoms with Crippen LogP contribution in [0.25, 0.3) is 117 Å². The average molecular weight is 1030 g/mol. The third-order valence-electron chi connectivity index (χ3n) is 15.3. The van der Waals surface area contributed by atoms with E-state index >= 15 is 0 Å². The van der Waals surface area contributed by atoms with E-state index in [4.69, 9.17) is 17.9 Å². The van der Waals surface area contributed by atoms with Crippen LogP contribution in [0.4, 0.5) is 0 Å². The molecule has 1 aliphatic heterocycles. The summed E-state index contributed by atoms with van der Waals surface area (Å²) in [6.45, 7) is 13.1. The smallest absolute Gasteiger partial charge is 0.269 e. The number of para-hydroxylation sites is 2. The van der Waals surface area contributed by atoms with Crippen molar-refractivity contribution in [1.29, 1.82) is 0 Å². The zero-order chi connectivity index (χ0) is 62.3. The third-order valence-corrected chi connectivity index (χ3v) is 15.3. The highest BCUT2D eigenvalue weighted by atomic mass is 16.5. The monoisotopic (exact) mass is 1030 g/mol. The van der Waals surface area contributed by atoms with Gasteiger partial charge in [0, 0.05) is 23.0 Å². The highest BCUT2D eigenvalue weighted by Crippen LogP contribution is 2.49. The zero-order valence-corrected chi connectivity index (χ0v) is 44.5. The molecule has 1 aliphatic rings.